The Balaban J connectivity index is 2.61. The van der Waals surface area contributed by atoms with Crippen molar-refractivity contribution >= 4 is 28.6 Å². The monoisotopic (exact) mass is 189 g/mol. The van der Waals surface area contributed by atoms with Gasteiger partial charge in [-0.1, -0.05) is 25.6 Å². The highest BCUT2D eigenvalue weighted by Gasteiger charge is 2.21. The first-order valence-electron chi connectivity index (χ1n) is 3.96. The Hall–Kier alpha value is 0.370. The number of hydrogen-bond acceptors (Lipinski definition) is 3. The minimum Gasteiger partial charge on any atom is -0.269 e. The molecule has 0 aromatic carbocycles. The molecule has 0 amide bonds. The summed E-state index contributed by atoms with van der Waals surface area (Å²) >= 11 is 3.85. The molecule has 0 aromatic rings. The summed E-state index contributed by atoms with van der Waals surface area (Å²) < 4.78 is 0.680. The first-order chi connectivity index (χ1) is 5.09. The lowest BCUT2D eigenvalue weighted by atomic mass is 10.2. The van der Waals surface area contributed by atoms with E-state index in [0.29, 0.717) is 15.9 Å². The van der Waals surface area contributed by atoms with E-state index < -0.39 is 0 Å². The van der Waals surface area contributed by atoms with E-state index in [4.69, 9.17) is 0 Å². The van der Waals surface area contributed by atoms with Crippen molar-refractivity contribution in [2.45, 2.75) is 37.7 Å². The van der Waals surface area contributed by atoms with Crippen molar-refractivity contribution in [3.63, 3.8) is 0 Å². The number of hydrogen-bond donors (Lipinski definition) is 0. The molecule has 1 heterocycles. The maximum atomic E-state index is 4.57. The van der Waals surface area contributed by atoms with Gasteiger partial charge in [-0.25, -0.2) is 0 Å². The normalized spacial score (nSPS) is 32.3. The summed E-state index contributed by atoms with van der Waals surface area (Å²) in [7, 11) is 0. The lowest BCUT2D eigenvalue weighted by molar-refractivity contribution is 0.625. The largest absolute Gasteiger partial charge is 0.269 e. The molecule has 0 fully saturated rings. The topological polar surface area (TPSA) is 12.4 Å². The van der Waals surface area contributed by atoms with Gasteiger partial charge >= 0.3 is 0 Å². The second-order valence-corrected chi connectivity index (χ2v) is 6.40. The van der Waals surface area contributed by atoms with Crippen molar-refractivity contribution in [3.8, 4) is 0 Å². The van der Waals surface area contributed by atoms with Crippen LogP contribution in [0, 0.1) is 5.92 Å². The number of nitrogens with zero attached hydrogens (tertiary/aromatic N) is 1. The van der Waals surface area contributed by atoms with Crippen LogP contribution in [0.5, 0.6) is 0 Å². The first kappa shape index (κ1) is 9.46. The number of thioether (sulfide) groups is 2. The molecule has 11 heavy (non-hydrogen) atoms. The molecule has 1 nitrogen and oxygen atoms in total. The van der Waals surface area contributed by atoms with Crippen molar-refractivity contribution in [2.24, 2.45) is 10.9 Å². The summed E-state index contributed by atoms with van der Waals surface area (Å²) in [6.45, 7) is 8.83. The highest BCUT2D eigenvalue weighted by Crippen LogP contribution is 2.36. The molecule has 0 radical (unpaired) electrons. The van der Waals surface area contributed by atoms with Crippen molar-refractivity contribution in [3.05, 3.63) is 0 Å². The first-order valence-corrected chi connectivity index (χ1v) is 5.78. The Labute approximate surface area is 77.4 Å². The Bertz CT molecular complexity index is 165. The minimum atomic E-state index is 0.492. The third kappa shape index (κ3) is 2.71. The van der Waals surface area contributed by atoms with Crippen molar-refractivity contribution in [2.75, 3.05) is 0 Å². The smallest absolute Gasteiger partial charge is 0.0994 e. The Kier molecular flexibility index (Phi) is 3.31. The molecule has 0 spiro atoms. The predicted molar refractivity (Wildman–Crippen MR) is 56.4 cm³/mol. The maximum absolute atomic E-state index is 4.57. The van der Waals surface area contributed by atoms with Gasteiger partial charge in [0.1, 0.15) is 0 Å². The third-order valence-electron chi connectivity index (χ3n) is 1.55. The molecule has 0 N–H and O–H groups in total. The van der Waals surface area contributed by atoms with E-state index in [0.717, 1.165) is 0 Å². The van der Waals surface area contributed by atoms with E-state index in [1.807, 2.05) is 23.5 Å². The summed E-state index contributed by atoms with van der Waals surface area (Å²) in [4.78, 5) is 4.57. The van der Waals surface area contributed by atoms with Gasteiger partial charge in [-0.2, -0.15) is 0 Å². The van der Waals surface area contributed by atoms with Gasteiger partial charge in [0.15, 0.2) is 0 Å². The van der Waals surface area contributed by atoms with E-state index in [-0.39, 0.29) is 0 Å². The van der Waals surface area contributed by atoms with Gasteiger partial charge in [0.05, 0.1) is 15.0 Å². The lowest BCUT2D eigenvalue weighted by Gasteiger charge is -2.25. The molecule has 0 aromatic heterocycles. The second kappa shape index (κ2) is 3.85. The molecule has 1 rings (SSSR count). The molecule has 0 saturated heterocycles. The van der Waals surface area contributed by atoms with E-state index >= 15 is 0 Å². The van der Waals surface area contributed by atoms with Crippen LogP contribution >= 0.6 is 23.5 Å². The second-order valence-electron chi connectivity index (χ2n) is 3.10. The molecule has 0 saturated carbocycles. The quantitative estimate of drug-likeness (QED) is 0.628. The molecule has 1 aliphatic heterocycles. The summed E-state index contributed by atoms with van der Waals surface area (Å²) in [6, 6.07) is 0. The predicted octanol–water partition coefficient (Wildman–Crippen LogP) is 3.21. The van der Waals surface area contributed by atoms with Gasteiger partial charge < -0.3 is 0 Å². The van der Waals surface area contributed by atoms with Crippen molar-refractivity contribution in [1.82, 2.24) is 0 Å². The van der Waals surface area contributed by atoms with Gasteiger partial charge in [0.2, 0.25) is 0 Å². The van der Waals surface area contributed by atoms with Crippen molar-refractivity contribution < 1.29 is 0 Å². The van der Waals surface area contributed by atoms with Crippen LogP contribution in [0.25, 0.3) is 0 Å². The third-order valence-corrected chi connectivity index (χ3v) is 4.26. The zero-order valence-corrected chi connectivity index (χ0v) is 9.13. The SMILES string of the molecule is CC1=NC(C(C)C)SC(C)S1. The number of rotatable bonds is 1. The number of aliphatic imine (C=N–C) groups is 1. The summed E-state index contributed by atoms with van der Waals surface area (Å²) in [5.74, 6) is 0.665. The Morgan fingerprint density at radius 1 is 1.45 bits per heavy atom. The van der Waals surface area contributed by atoms with Crippen LogP contribution in [-0.2, 0) is 0 Å². The van der Waals surface area contributed by atoms with E-state index in [2.05, 4.69) is 32.7 Å². The molecule has 64 valence electrons. The summed E-state index contributed by atoms with van der Waals surface area (Å²) in [5, 5.41) is 1.74. The molecular weight excluding hydrogens is 174 g/mol. The standard InChI is InChI=1S/C8H15NS2/c1-5(2)8-9-6(3)10-7(4)11-8/h5,7-8H,1-4H3. The average Bonchev–Trinajstić information content (AvgIpc) is 1.85. The minimum absolute atomic E-state index is 0.492. The fraction of sp³-hybridized carbons (Fsp3) is 0.875. The van der Waals surface area contributed by atoms with Crippen LogP contribution < -0.4 is 0 Å². The van der Waals surface area contributed by atoms with Crippen LogP contribution in [0.1, 0.15) is 27.7 Å². The molecule has 2 unspecified atom stereocenters. The van der Waals surface area contributed by atoms with Gasteiger partial charge in [0, 0.05) is 0 Å². The zero-order chi connectivity index (χ0) is 8.43. The molecule has 2 atom stereocenters. The fourth-order valence-corrected chi connectivity index (χ4v) is 3.64. The molecule has 3 heteroatoms. The van der Waals surface area contributed by atoms with Crippen LogP contribution in [0.15, 0.2) is 4.99 Å². The Morgan fingerprint density at radius 2 is 2.09 bits per heavy atom. The lowest BCUT2D eigenvalue weighted by Crippen LogP contribution is -2.17. The highest BCUT2D eigenvalue weighted by molar-refractivity contribution is 8.25. The van der Waals surface area contributed by atoms with Gasteiger partial charge in [-0.05, 0) is 19.8 Å². The molecular formula is C8H15NS2. The van der Waals surface area contributed by atoms with E-state index in [1.165, 1.54) is 5.04 Å². The van der Waals surface area contributed by atoms with Crippen LogP contribution in [0.2, 0.25) is 0 Å². The highest BCUT2D eigenvalue weighted by atomic mass is 32.2. The van der Waals surface area contributed by atoms with Gasteiger partial charge in [-0.3, -0.25) is 4.99 Å². The van der Waals surface area contributed by atoms with Gasteiger partial charge in [-0.15, -0.1) is 11.8 Å². The Morgan fingerprint density at radius 3 is 2.55 bits per heavy atom. The molecule has 0 aliphatic carbocycles. The average molecular weight is 189 g/mol. The van der Waals surface area contributed by atoms with E-state index in [1.54, 1.807) is 0 Å². The van der Waals surface area contributed by atoms with Crippen LogP contribution in [-0.4, -0.2) is 15.0 Å². The summed E-state index contributed by atoms with van der Waals surface area (Å²) in [5.41, 5.74) is 0. The molecule has 1 aliphatic rings. The van der Waals surface area contributed by atoms with Gasteiger partial charge in [0.25, 0.3) is 0 Å². The van der Waals surface area contributed by atoms with Crippen LogP contribution in [0.4, 0.5) is 0 Å². The van der Waals surface area contributed by atoms with Crippen LogP contribution in [0.3, 0.4) is 0 Å². The van der Waals surface area contributed by atoms with Crippen molar-refractivity contribution in [1.29, 1.82) is 0 Å². The fourth-order valence-electron chi connectivity index (χ4n) is 1.01. The maximum Gasteiger partial charge on any atom is 0.0994 e. The zero-order valence-electron chi connectivity index (χ0n) is 7.50. The summed E-state index contributed by atoms with van der Waals surface area (Å²) in [6.07, 6.45) is 0. The van der Waals surface area contributed by atoms with E-state index in [9.17, 15) is 0 Å². The molecule has 0 bridgehead atoms.